The number of likely N-dealkylation sites (tertiary alicyclic amines) is 2. The molecule has 22 rings (SSSR count). The number of rotatable bonds is 21. The third kappa shape index (κ3) is 21.3. The van der Waals surface area contributed by atoms with Gasteiger partial charge >= 0.3 is 0 Å². The molecule has 33 nitrogen and oxygen atoms in total. The number of hydrogen-bond donors (Lipinski definition) is 5. The molecule has 0 spiro atoms. The average Bonchev–Trinajstić information content (AvgIpc) is 1.03. The number of aliphatic hydroxyl groups excluding tert-OH is 1. The number of morpholine rings is 1. The number of carbonyl (C=O) groups excluding carboxylic acids is 2. The minimum atomic E-state index is -1.44. The number of alkyl halides is 1. The van der Waals surface area contributed by atoms with Gasteiger partial charge in [0.2, 0.25) is 11.8 Å². The van der Waals surface area contributed by atoms with Gasteiger partial charge in [0.25, 0.3) is 0 Å². The van der Waals surface area contributed by atoms with E-state index in [2.05, 4.69) is 143 Å². The number of H-pyrrole nitrogens is 3. The fourth-order valence-electron chi connectivity index (χ4n) is 19.0. The van der Waals surface area contributed by atoms with E-state index < -0.39 is 24.8 Å². The summed E-state index contributed by atoms with van der Waals surface area (Å²) in [5.41, 5.74) is 26.6. The van der Waals surface area contributed by atoms with Gasteiger partial charge in [0.1, 0.15) is 103 Å². The van der Waals surface area contributed by atoms with Gasteiger partial charge in [0.15, 0.2) is 6.17 Å². The van der Waals surface area contributed by atoms with Crippen molar-refractivity contribution in [2.45, 2.75) is 88.0 Å². The van der Waals surface area contributed by atoms with Gasteiger partial charge < -0.3 is 88.0 Å². The Morgan fingerprint density at radius 1 is 0.500 bits per heavy atom. The number of halogens is 1. The highest BCUT2D eigenvalue weighted by Gasteiger charge is 2.36. The van der Waals surface area contributed by atoms with Crippen LogP contribution < -0.4 is 39.2 Å². The number of carbonyl (C=O) groups is 2. The summed E-state index contributed by atoms with van der Waals surface area (Å²) >= 11 is 0. The number of pyridine rings is 3. The molecule has 2 amide bonds. The van der Waals surface area contributed by atoms with Gasteiger partial charge in [-0.15, -0.1) is 0 Å². The zero-order valence-corrected chi connectivity index (χ0v) is 78.1. The lowest BCUT2D eigenvalue weighted by molar-refractivity contribution is -0.138. The number of allylic oxidation sites excluding steroid dienone is 1. The molecule has 34 heteroatoms. The number of nitriles is 5. The van der Waals surface area contributed by atoms with Crippen LogP contribution in [0.4, 0.5) is 21.6 Å². The molecule has 718 valence electrons. The number of aliphatic hydroxyl groups is 1. The normalized spacial score (nSPS) is 17.6. The molecule has 1 aliphatic carbocycles. The number of ether oxygens (including phenoxy) is 9. The van der Waals surface area contributed by atoms with E-state index in [1.807, 2.05) is 91.1 Å². The molecule has 0 radical (unpaired) electrons. The number of methoxy groups -OCH3 is 1. The average molecular weight is 1910 g/mol. The van der Waals surface area contributed by atoms with Crippen LogP contribution >= 0.6 is 0 Å². The predicted octanol–water partition coefficient (Wildman–Crippen LogP) is 14.8. The Morgan fingerprint density at radius 2 is 1.03 bits per heavy atom. The van der Waals surface area contributed by atoms with Crippen LogP contribution in [-0.4, -0.2) is 250 Å². The van der Waals surface area contributed by atoms with Crippen LogP contribution in [0.2, 0.25) is 0 Å². The number of aromatic nitrogens is 10. The van der Waals surface area contributed by atoms with E-state index in [0.717, 1.165) is 220 Å². The molecule has 8 aliphatic rings. The second-order valence-corrected chi connectivity index (χ2v) is 35.5. The molecule has 0 unspecified atom stereocenters. The SMILES string of the molecule is COc1cc(-c2cc3c(-c4ccc(O[C@H]5CCN(C(=O)CO)C[C@H]5F)c(C#N)c4)nccc3[nH]2)ccc1N1CCN(C2COC2)CC1.N#CCC(=O)N1CC[C@@H](Oc2ccc(-c3nccc4[nH]c(-c5ccc(N6CCOCC6)cc5)cc34)cc2C#N)C1.N#Cc1cc(-c2nccc3[nH]ccc23)ccc1OC1CCOCC1.N#Cc1cc(-c2ncnc3c2C=C(c2cncc(N)n2)C3)ccc1OC1CCOCC1. The topological polar surface area (TPSA) is 436 Å². The van der Waals surface area contributed by atoms with Gasteiger partial charge in [-0.3, -0.25) is 34.4 Å². The van der Waals surface area contributed by atoms with Crippen molar-refractivity contribution in [1.29, 1.82) is 26.3 Å². The maximum atomic E-state index is 14.9. The number of piperazine rings is 1. The van der Waals surface area contributed by atoms with Crippen molar-refractivity contribution in [3.63, 3.8) is 0 Å². The van der Waals surface area contributed by atoms with Crippen molar-refractivity contribution in [3.05, 3.63) is 234 Å². The first-order valence-corrected chi connectivity index (χ1v) is 47.5. The number of nitrogens with one attached hydrogen (secondary N) is 3. The number of aromatic amines is 3. The zero-order chi connectivity index (χ0) is 97.5. The number of piperidine rings is 1. The summed E-state index contributed by atoms with van der Waals surface area (Å²) in [5.74, 6) is 2.47. The molecule has 0 saturated carbocycles. The Labute approximate surface area is 818 Å². The first-order valence-electron chi connectivity index (χ1n) is 47.5. The lowest BCUT2D eigenvalue weighted by Gasteiger charge is -2.43. The van der Waals surface area contributed by atoms with Gasteiger partial charge in [0.05, 0.1) is 160 Å². The number of nitrogens with zero attached hydrogens (tertiary/aromatic N) is 17. The zero-order valence-electron chi connectivity index (χ0n) is 78.1. The van der Waals surface area contributed by atoms with Crippen molar-refractivity contribution >= 4 is 73.4 Å². The Balaban J connectivity index is 0.000000123. The summed E-state index contributed by atoms with van der Waals surface area (Å²) in [7, 11) is 1.70. The first-order chi connectivity index (χ1) is 69.6. The molecule has 14 aromatic rings. The molecule has 6 aromatic carbocycles. The van der Waals surface area contributed by atoms with Crippen molar-refractivity contribution in [1.82, 2.24) is 64.5 Å². The Kier molecular flexibility index (Phi) is 29.3. The van der Waals surface area contributed by atoms with Gasteiger partial charge in [0, 0.05) is 205 Å². The van der Waals surface area contributed by atoms with Crippen LogP contribution in [0.25, 0.3) is 112 Å². The molecule has 7 fully saturated rings. The van der Waals surface area contributed by atoms with Crippen LogP contribution in [0.5, 0.6) is 28.7 Å². The van der Waals surface area contributed by atoms with E-state index in [1.54, 1.807) is 67.4 Å². The lowest BCUT2D eigenvalue weighted by Crippen LogP contribution is -2.56. The number of fused-ring (bicyclic) bond motifs is 4. The maximum absolute atomic E-state index is 14.9. The number of hydrogen-bond acceptors (Lipinski definition) is 28. The number of benzene rings is 6. The van der Waals surface area contributed by atoms with E-state index in [9.17, 15) is 35.0 Å². The summed E-state index contributed by atoms with van der Waals surface area (Å²) in [6, 6.07) is 60.1. The highest BCUT2D eigenvalue weighted by atomic mass is 19.1. The lowest BCUT2D eigenvalue weighted by atomic mass is 10.0. The van der Waals surface area contributed by atoms with E-state index >= 15 is 0 Å². The van der Waals surface area contributed by atoms with Crippen LogP contribution in [0.1, 0.15) is 84.2 Å². The summed E-state index contributed by atoms with van der Waals surface area (Å²) in [6.07, 6.45) is 16.4. The molecule has 7 saturated heterocycles. The summed E-state index contributed by atoms with van der Waals surface area (Å²) in [6.45, 7) is 12.0. The monoisotopic (exact) mass is 1900 g/mol. The van der Waals surface area contributed by atoms with Crippen molar-refractivity contribution in [2.24, 2.45) is 0 Å². The minimum absolute atomic E-state index is 0.0694. The van der Waals surface area contributed by atoms with Crippen LogP contribution in [0.15, 0.2) is 195 Å². The van der Waals surface area contributed by atoms with Crippen LogP contribution in [0, 0.1) is 56.7 Å². The number of anilines is 3. The van der Waals surface area contributed by atoms with E-state index in [-0.39, 0.29) is 61.5 Å². The van der Waals surface area contributed by atoms with E-state index in [0.29, 0.717) is 104 Å². The van der Waals surface area contributed by atoms with Crippen LogP contribution in [0.3, 0.4) is 0 Å². The number of amides is 2. The van der Waals surface area contributed by atoms with Crippen LogP contribution in [-0.2, 0) is 35.0 Å². The highest BCUT2D eigenvalue weighted by Crippen LogP contribution is 2.43. The van der Waals surface area contributed by atoms with Crippen molar-refractivity contribution in [2.75, 3.05) is 148 Å². The van der Waals surface area contributed by atoms with Gasteiger partial charge in [-0.25, -0.2) is 19.3 Å². The largest absolute Gasteiger partial charge is 0.495 e. The molecule has 0 bridgehead atoms. The standard InChI is InChI=1S/C35H37FN6O5.C31H28N6O3.C23H20N6O2.C19H17N3O2/c1-45-33-15-22(2-4-30(33)41-12-10-40(11-13-41)25-20-46-21-25)29-16-26-28(39-29)6-8-38-35(26)23-3-5-31(24(14-23)17-37)47-32-7-9-42(18-27(32)36)34(44)19-43;32-10-7-30(38)37-12-9-25(20-37)40-29-6-3-22(17-23(29)19-33)31-26-18-28(35-27(26)8-11-34-31)21-1-4-24(5-2-21)36-13-15-39-16-14-36;24-10-16-7-14(1-2-21(16)31-17-3-5-30-6-4-17)23-18-8-15(9-19(18)27-13-28-23)20-11-26-12-22(25)29-20;20-12-14-11-13(19-16-3-7-21-17(16)4-8-22-19)1-2-18(14)24-15-5-9-23-10-6-15/h2-6,8,14-16,25,27,32,39,43H,7,9-13,18-21H2,1H3;1-6,8,11,17-18,25,35H,7,9,12-16,20H2;1-2,7-8,11-13,17H,3-6,9H2,(H2,25,29);1-4,7-8,11,15,21H,5-6,9-10H2/t27-,32+;25-;;/m11../s1. The molecule has 8 aromatic heterocycles. The first kappa shape index (κ1) is 94.7. The Bertz CT molecular complexity index is 7230. The molecule has 15 heterocycles. The molecule has 3 atom stereocenters. The second kappa shape index (κ2) is 43.9. The fraction of sp³-hybridized carbons (Fsp3) is 0.315. The molecule has 6 N–H and O–H groups in total. The predicted molar refractivity (Wildman–Crippen MR) is 530 cm³/mol. The minimum Gasteiger partial charge on any atom is -0.495 e. The number of nitrogens with two attached hydrogens (primary N) is 1. The second-order valence-electron chi connectivity index (χ2n) is 35.5. The summed E-state index contributed by atoms with van der Waals surface area (Å²) in [4.78, 5) is 75.4. The Hall–Kier alpha value is -16.2. The van der Waals surface area contributed by atoms with Gasteiger partial charge in [-0.1, -0.05) is 18.2 Å². The van der Waals surface area contributed by atoms with E-state index in [1.165, 1.54) is 16.8 Å². The van der Waals surface area contributed by atoms with Crippen molar-refractivity contribution in [3.8, 4) is 127 Å². The third-order valence-corrected chi connectivity index (χ3v) is 26.7. The Morgan fingerprint density at radius 3 is 1.58 bits per heavy atom. The van der Waals surface area contributed by atoms with Crippen molar-refractivity contribution < 1.29 is 61.7 Å². The van der Waals surface area contributed by atoms with E-state index in [4.69, 9.17) is 58.7 Å². The van der Waals surface area contributed by atoms with Gasteiger partial charge in [-0.2, -0.15) is 26.3 Å². The quantitative estimate of drug-likeness (QED) is 0.0446. The summed E-state index contributed by atoms with van der Waals surface area (Å²) in [5, 5.41) is 59.8. The molecule has 142 heavy (non-hydrogen) atoms. The fourth-order valence-corrected chi connectivity index (χ4v) is 19.0. The number of nitrogen functional groups attached to an aromatic ring is 1. The third-order valence-electron chi connectivity index (χ3n) is 26.7. The maximum Gasteiger partial charge on any atom is 0.248 e. The van der Waals surface area contributed by atoms with Gasteiger partial charge in [-0.05, 0) is 151 Å². The summed E-state index contributed by atoms with van der Waals surface area (Å²) < 4.78 is 66.5. The highest BCUT2D eigenvalue weighted by molar-refractivity contribution is 5.99. The molecular weight excluding hydrogens is 1800 g/mol. The molecule has 7 aliphatic heterocycles. The smallest absolute Gasteiger partial charge is 0.248 e. The molecular formula is C108H102FN21O12.